The van der Waals surface area contributed by atoms with Gasteiger partial charge in [0.2, 0.25) is 0 Å². The molecule has 194 valence electrons. The molecule has 0 fully saturated rings. The minimum atomic E-state index is -1.17. The van der Waals surface area contributed by atoms with Gasteiger partial charge in [0.1, 0.15) is 17.2 Å². The zero-order chi connectivity index (χ0) is 26.5. The molecular formula is C28H26Cl2NNaO6. The van der Waals surface area contributed by atoms with E-state index < -0.39 is 11.9 Å². The first-order chi connectivity index (χ1) is 17.7. The van der Waals surface area contributed by atoms with Crippen molar-refractivity contribution in [2.45, 2.75) is 38.7 Å². The number of hydrogen-bond donors (Lipinski definition) is 0. The Hall–Kier alpha value is -2.26. The molecule has 10 heteroatoms. The third-order valence-corrected chi connectivity index (χ3v) is 6.35. The monoisotopic (exact) mass is 565 g/mol. The number of nitrogens with zero attached hydrogens (tertiary/aromatic N) is 1. The third-order valence-electron chi connectivity index (χ3n) is 5.80. The van der Waals surface area contributed by atoms with Gasteiger partial charge >= 0.3 is 29.6 Å². The first-order valence-electron chi connectivity index (χ1n) is 11.9. The second-order valence-corrected chi connectivity index (χ2v) is 9.74. The number of carbonyl (C=O) groups excluding carboxylic acids is 2. The molecule has 0 radical (unpaired) electrons. The molecule has 38 heavy (non-hydrogen) atoms. The number of carboxylic acids is 1. The largest absolute Gasteiger partial charge is 1.00 e. The summed E-state index contributed by atoms with van der Waals surface area (Å²) >= 11 is 12.3. The Bertz CT molecular complexity index is 1270. The summed E-state index contributed by atoms with van der Waals surface area (Å²) in [5.41, 5.74) is 1.93. The van der Waals surface area contributed by atoms with E-state index in [4.69, 9.17) is 37.5 Å². The summed E-state index contributed by atoms with van der Waals surface area (Å²) in [7, 11) is 0. The van der Waals surface area contributed by atoms with Crippen molar-refractivity contribution < 1.29 is 58.6 Å². The van der Waals surface area contributed by atoms with Gasteiger partial charge in [-0.05, 0) is 74.7 Å². The van der Waals surface area contributed by atoms with Gasteiger partial charge in [-0.25, -0.2) is 5.06 Å². The molecule has 4 rings (SSSR count). The molecule has 0 saturated carbocycles. The Morgan fingerprint density at radius 1 is 1.08 bits per heavy atom. The fourth-order valence-electron chi connectivity index (χ4n) is 3.99. The molecule has 3 aromatic carbocycles. The van der Waals surface area contributed by atoms with Crippen LogP contribution in [0.4, 0.5) is 0 Å². The Labute approximate surface area is 253 Å². The van der Waals surface area contributed by atoms with Crippen LogP contribution in [0.5, 0.6) is 17.2 Å². The van der Waals surface area contributed by atoms with Crippen LogP contribution >= 0.6 is 23.2 Å². The molecule has 0 N–H and O–H groups in total. The predicted molar refractivity (Wildman–Crippen MR) is 138 cm³/mol. The number of rotatable bonds is 9. The summed E-state index contributed by atoms with van der Waals surface area (Å²) in [6.45, 7) is 4.35. The van der Waals surface area contributed by atoms with Crippen molar-refractivity contribution >= 4 is 35.1 Å². The summed E-state index contributed by atoms with van der Waals surface area (Å²) in [4.78, 5) is 30.4. The van der Waals surface area contributed by atoms with Crippen LogP contribution in [0, 0.1) is 0 Å². The first-order valence-corrected chi connectivity index (χ1v) is 12.6. The quantitative estimate of drug-likeness (QED) is 0.292. The second-order valence-electron chi connectivity index (χ2n) is 8.89. The minimum absolute atomic E-state index is 0. The van der Waals surface area contributed by atoms with Crippen LogP contribution in [0.15, 0.2) is 60.7 Å². The molecule has 3 aromatic rings. The number of fused-ring (bicyclic) bond motifs is 1. The Morgan fingerprint density at radius 2 is 1.76 bits per heavy atom. The fourth-order valence-corrected chi connectivity index (χ4v) is 4.32. The SMILES string of the molecule is CC(C)ON(CCc1ccc(Cl)cc1)C(=O)c1ccc(Oc2cc3c(cc2Cl)C(C(=O)[O-])CCO3)cc1.[Na+]. The van der Waals surface area contributed by atoms with Crippen LogP contribution in [0.2, 0.25) is 10.0 Å². The van der Waals surface area contributed by atoms with E-state index in [0.717, 1.165) is 5.56 Å². The average Bonchev–Trinajstić information content (AvgIpc) is 2.87. The van der Waals surface area contributed by atoms with Gasteiger partial charge in [0.15, 0.2) is 0 Å². The van der Waals surface area contributed by atoms with Crippen LogP contribution in [0.3, 0.4) is 0 Å². The topological polar surface area (TPSA) is 88.1 Å². The molecule has 0 aromatic heterocycles. The summed E-state index contributed by atoms with van der Waals surface area (Å²) in [5, 5.41) is 13.7. The number of benzene rings is 3. The Balaban J connectivity index is 0.00000400. The van der Waals surface area contributed by atoms with Crippen molar-refractivity contribution in [1.29, 1.82) is 0 Å². The van der Waals surface area contributed by atoms with Gasteiger partial charge in [-0.3, -0.25) is 9.63 Å². The van der Waals surface area contributed by atoms with Crippen LogP contribution in [-0.2, 0) is 16.1 Å². The number of hydrogen-bond acceptors (Lipinski definition) is 6. The van der Waals surface area contributed by atoms with Crippen LogP contribution < -0.4 is 44.1 Å². The standard InChI is InChI=1S/C28H27Cl2NO6.Na/c1-17(2)37-31(13-11-18-3-7-20(29)8-4-18)27(32)19-5-9-21(10-6-19)36-26-16-25-23(15-24(26)30)22(28(33)34)12-14-35-25;/h3-10,15-17,22H,11-14H2,1-2H3,(H,33,34);/q;+1/p-1. The summed E-state index contributed by atoms with van der Waals surface area (Å²) in [6, 6.07) is 17.2. The molecule has 0 saturated heterocycles. The zero-order valence-corrected chi connectivity index (χ0v) is 24.9. The summed E-state index contributed by atoms with van der Waals surface area (Å²) in [6.07, 6.45) is 0.745. The van der Waals surface area contributed by atoms with Gasteiger partial charge in [-0.15, -0.1) is 0 Å². The van der Waals surface area contributed by atoms with Crippen molar-refractivity contribution in [3.63, 3.8) is 0 Å². The van der Waals surface area contributed by atoms with Crippen LogP contribution in [0.25, 0.3) is 0 Å². The maximum Gasteiger partial charge on any atom is 1.00 e. The molecule has 1 aliphatic heterocycles. The van der Waals surface area contributed by atoms with E-state index in [1.54, 1.807) is 30.3 Å². The van der Waals surface area contributed by atoms with Gasteiger partial charge in [0.05, 0.1) is 24.3 Å². The van der Waals surface area contributed by atoms with Crippen LogP contribution in [-0.4, -0.2) is 36.2 Å². The molecule has 1 amide bonds. The molecule has 0 bridgehead atoms. The number of ether oxygens (including phenoxy) is 2. The summed E-state index contributed by atoms with van der Waals surface area (Å²) < 4.78 is 11.5. The van der Waals surface area contributed by atoms with E-state index in [9.17, 15) is 14.7 Å². The molecule has 1 unspecified atom stereocenters. The van der Waals surface area contributed by atoms with Gasteiger partial charge in [0, 0.05) is 34.1 Å². The third kappa shape index (κ3) is 7.65. The molecule has 1 aliphatic rings. The number of aliphatic carboxylic acids is 1. The number of carbonyl (C=O) groups is 2. The Morgan fingerprint density at radius 3 is 2.39 bits per heavy atom. The van der Waals surface area contributed by atoms with Crippen molar-refractivity contribution in [3.8, 4) is 17.2 Å². The van der Waals surface area contributed by atoms with E-state index in [-0.39, 0.29) is 53.2 Å². The van der Waals surface area contributed by atoms with Gasteiger partial charge in [-0.1, -0.05) is 35.3 Å². The molecule has 0 spiro atoms. The van der Waals surface area contributed by atoms with Crippen molar-refractivity contribution in [1.82, 2.24) is 5.06 Å². The average molecular weight is 566 g/mol. The zero-order valence-electron chi connectivity index (χ0n) is 21.4. The maximum atomic E-state index is 13.2. The van der Waals surface area contributed by atoms with Crippen LogP contribution in [0.1, 0.15) is 47.7 Å². The number of carboxylic acid groups (broad SMARTS) is 1. The van der Waals surface area contributed by atoms with E-state index in [0.29, 0.717) is 52.8 Å². The molecule has 1 heterocycles. The van der Waals surface area contributed by atoms with Gasteiger partial charge in [0.25, 0.3) is 5.91 Å². The van der Waals surface area contributed by atoms with E-state index in [2.05, 4.69) is 0 Å². The van der Waals surface area contributed by atoms with Gasteiger partial charge in [-0.2, -0.15) is 0 Å². The normalized spacial score (nSPS) is 14.2. The number of amides is 1. The smallest absolute Gasteiger partial charge is 0.549 e. The Kier molecular flexibility index (Phi) is 10.9. The fraction of sp³-hybridized carbons (Fsp3) is 0.286. The van der Waals surface area contributed by atoms with Gasteiger partial charge < -0.3 is 19.4 Å². The predicted octanol–water partition coefficient (Wildman–Crippen LogP) is 2.43. The van der Waals surface area contributed by atoms with Crippen molar-refractivity contribution in [2.75, 3.05) is 13.2 Å². The summed E-state index contributed by atoms with van der Waals surface area (Å²) in [5.74, 6) is -1.07. The van der Waals surface area contributed by atoms with Crippen molar-refractivity contribution in [3.05, 3.63) is 87.4 Å². The number of halogens is 2. The minimum Gasteiger partial charge on any atom is -0.549 e. The van der Waals surface area contributed by atoms with E-state index in [1.165, 1.54) is 11.1 Å². The molecular weight excluding hydrogens is 540 g/mol. The first kappa shape index (κ1) is 30.3. The number of hydroxylamine groups is 2. The van der Waals surface area contributed by atoms with Crippen molar-refractivity contribution in [2.24, 2.45) is 0 Å². The van der Waals surface area contributed by atoms with E-state index >= 15 is 0 Å². The second kappa shape index (κ2) is 13.7. The molecule has 7 nitrogen and oxygen atoms in total. The van der Waals surface area contributed by atoms with E-state index in [1.807, 2.05) is 38.1 Å². The maximum absolute atomic E-state index is 13.2. The molecule has 1 atom stereocenters. The molecule has 0 aliphatic carbocycles.